The molecule has 0 aliphatic rings. The number of unbranched alkanes of at least 4 members (excludes halogenated alkanes) is 4. The van der Waals surface area contributed by atoms with Crippen molar-refractivity contribution in [2.24, 2.45) is 5.92 Å². The van der Waals surface area contributed by atoms with E-state index in [0.717, 1.165) is 19.3 Å². The molecule has 5 heteroatoms. The van der Waals surface area contributed by atoms with Crippen molar-refractivity contribution in [1.82, 2.24) is 0 Å². The molecule has 0 aromatic carbocycles. The van der Waals surface area contributed by atoms with Crippen molar-refractivity contribution in [3.8, 4) is 11.8 Å². The van der Waals surface area contributed by atoms with Crippen LogP contribution in [-0.4, -0.2) is 38.9 Å². The number of carbonyl (C=O) groups is 2. The monoisotopic (exact) mass is 354 g/mol. The molecule has 0 heterocycles. The van der Waals surface area contributed by atoms with Gasteiger partial charge in [-0.2, -0.15) is 0 Å². The first-order valence-corrected chi connectivity index (χ1v) is 8.88. The molecule has 0 atom stereocenters. The zero-order valence-corrected chi connectivity index (χ0v) is 16.3. The van der Waals surface area contributed by atoms with Gasteiger partial charge in [0.25, 0.3) is 0 Å². The standard InChI is InChI=1S/C10H18O3.C10H16O2/c1-4-6-13-10(11)8-12-7-5-9(2)3;1-3-4-5-6-7-8-9-10(11)12-2/h4,9H,1,5-8H2,2-3H3;3-7H2,1-2H3. The summed E-state index contributed by atoms with van der Waals surface area (Å²) in [6.07, 6.45) is 8.06. The van der Waals surface area contributed by atoms with E-state index in [1.165, 1.54) is 32.4 Å². The molecule has 0 rings (SSSR count). The van der Waals surface area contributed by atoms with E-state index in [1.54, 1.807) is 0 Å². The van der Waals surface area contributed by atoms with Crippen LogP contribution in [0.5, 0.6) is 0 Å². The van der Waals surface area contributed by atoms with Gasteiger partial charge in [-0.05, 0) is 18.8 Å². The largest absolute Gasteiger partial charge is 0.460 e. The van der Waals surface area contributed by atoms with Crippen LogP contribution in [0.2, 0.25) is 0 Å². The molecule has 0 unspecified atom stereocenters. The zero-order chi connectivity index (χ0) is 19.3. The SMILES string of the molecule is C=CCOC(=O)COCCC(C)C.CCCCCCC#CC(=O)OC. The Hall–Kier alpha value is -1.80. The minimum Gasteiger partial charge on any atom is -0.460 e. The lowest BCUT2D eigenvalue weighted by Crippen LogP contribution is -2.13. The average Bonchev–Trinajstić information content (AvgIpc) is 2.60. The zero-order valence-electron chi connectivity index (χ0n) is 16.3. The van der Waals surface area contributed by atoms with Gasteiger partial charge in [0.2, 0.25) is 0 Å². The molecule has 0 N–H and O–H groups in total. The summed E-state index contributed by atoms with van der Waals surface area (Å²) in [4.78, 5) is 21.4. The van der Waals surface area contributed by atoms with Crippen LogP contribution in [0.25, 0.3) is 0 Å². The fraction of sp³-hybridized carbons (Fsp3) is 0.700. The van der Waals surface area contributed by atoms with Crippen LogP contribution in [-0.2, 0) is 23.8 Å². The predicted octanol–water partition coefficient (Wildman–Crippen LogP) is 3.91. The van der Waals surface area contributed by atoms with Crippen molar-refractivity contribution in [3.63, 3.8) is 0 Å². The molecule has 25 heavy (non-hydrogen) atoms. The summed E-state index contributed by atoms with van der Waals surface area (Å²) in [6, 6.07) is 0. The Kier molecular flexibility index (Phi) is 20.6. The fourth-order valence-electron chi connectivity index (χ4n) is 1.49. The Bertz CT molecular complexity index is 404. The number of hydrogen-bond donors (Lipinski definition) is 0. The highest BCUT2D eigenvalue weighted by Crippen LogP contribution is 2.00. The maximum atomic E-state index is 10.9. The number of hydrogen-bond acceptors (Lipinski definition) is 5. The second-order valence-electron chi connectivity index (χ2n) is 5.81. The molecule has 0 spiro atoms. The molecule has 144 valence electrons. The number of rotatable bonds is 11. The molecule has 0 radical (unpaired) electrons. The lowest BCUT2D eigenvalue weighted by molar-refractivity contribution is -0.147. The van der Waals surface area contributed by atoms with Gasteiger partial charge in [-0.1, -0.05) is 58.6 Å². The van der Waals surface area contributed by atoms with E-state index in [4.69, 9.17) is 9.47 Å². The Morgan fingerprint density at radius 3 is 2.48 bits per heavy atom. The van der Waals surface area contributed by atoms with Crippen LogP contribution in [0.4, 0.5) is 0 Å². The van der Waals surface area contributed by atoms with Gasteiger partial charge in [-0.3, -0.25) is 0 Å². The number of ether oxygens (including phenoxy) is 3. The first-order valence-electron chi connectivity index (χ1n) is 8.88. The summed E-state index contributed by atoms with van der Waals surface area (Å²) < 4.78 is 14.2. The van der Waals surface area contributed by atoms with Gasteiger partial charge < -0.3 is 14.2 Å². The highest BCUT2D eigenvalue weighted by Gasteiger charge is 2.01. The van der Waals surface area contributed by atoms with Gasteiger partial charge in [-0.15, -0.1) is 0 Å². The van der Waals surface area contributed by atoms with Crippen LogP contribution in [0.3, 0.4) is 0 Å². The molecule has 5 nitrogen and oxygen atoms in total. The first kappa shape index (κ1) is 25.4. The molecule has 0 saturated carbocycles. The minimum atomic E-state index is -0.439. The van der Waals surface area contributed by atoms with Gasteiger partial charge in [0.1, 0.15) is 13.2 Å². The van der Waals surface area contributed by atoms with Crippen molar-refractivity contribution in [3.05, 3.63) is 12.7 Å². The topological polar surface area (TPSA) is 61.8 Å². The van der Waals surface area contributed by atoms with Gasteiger partial charge in [0.05, 0.1) is 7.11 Å². The summed E-state index contributed by atoms with van der Waals surface area (Å²) in [5, 5.41) is 0. The van der Waals surface area contributed by atoms with Gasteiger partial charge >= 0.3 is 11.9 Å². The van der Waals surface area contributed by atoms with Crippen LogP contribution in [0.15, 0.2) is 12.7 Å². The first-order chi connectivity index (χ1) is 12.0. The Morgan fingerprint density at radius 2 is 1.92 bits per heavy atom. The third-order valence-electron chi connectivity index (χ3n) is 2.95. The van der Waals surface area contributed by atoms with Crippen molar-refractivity contribution < 1.29 is 23.8 Å². The third-order valence-corrected chi connectivity index (χ3v) is 2.95. The Balaban J connectivity index is 0. The van der Waals surface area contributed by atoms with E-state index >= 15 is 0 Å². The smallest absolute Gasteiger partial charge is 0.384 e. The second-order valence-corrected chi connectivity index (χ2v) is 5.81. The predicted molar refractivity (Wildman–Crippen MR) is 100.0 cm³/mol. The van der Waals surface area contributed by atoms with Gasteiger partial charge in [0.15, 0.2) is 0 Å². The summed E-state index contributed by atoms with van der Waals surface area (Å²) in [5.74, 6) is 5.00. The van der Waals surface area contributed by atoms with Gasteiger partial charge in [0, 0.05) is 18.9 Å². The molecule has 0 aromatic rings. The van der Waals surface area contributed by atoms with E-state index in [2.05, 4.69) is 43.9 Å². The third kappa shape index (κ3) is 24.6. The average molecular weight is 354 g/mol. The van der Waals surface area contributed by atoms with Crippen LogP contribution in [0.1, 0.15) is 59.3 Å². The van der Waals surface area contributed by atoms with E-state index < -0.39 is 5.97 Å². The minimum absolute atomic E-state index is 0.0422. The summed E-state index contributed by atoms with van der Waals surface area (Å²) in [6.45, 7) is 10.7. The van der Waals surface area contributed by atoms with Crippen LogP contribution < -0.4 is 0 Å². The molecule has 0 amide bonds. The van der Waals surface area contributed by atoms with Crippen molar-refractivity contribution >= 4 is 11.9 Å². The molecule has 0 fully saturated rings. The molecular formula is C20H34O5. The Labute approximate surface area is 153 Å². The van der Waals surface area contributed by atoms with E-state index in [0.29, 0.717) is 12.5 Å². The quantitative estimate of drug-likeness (QED) is 0.185. The van der Waals surface area contributed by atoms with E-state index in [9.17, 15) is 9.59 Å². The van der Waals surface area contributed by atoms with Crippen LogP contribution >= 0.6 is 0 Å². The van der Waals surface area contributed by atoms with E-state index in [-0.39, 0.29) is 19.2 Å². The molecule has 0 bridgehead atoms. The van der Waals surface area contributed by atoms with Crippen molar-refractivity contribution in [1.29, 1.82) is 0 Å². The van der Waals surface area contributed by atoms with E-state index in [1.807, 2.05) is 0 Å². The molecule has 0 aromatic heterocycles. The lowest BCUT2D eigenvalue weighted by atomic mass is 10.1. The number of carbonyl (C=O) groups excluding carboxylic acids is 2. The molecular weight excluding hydrogens is 320 g/mol. The highest BCUT2D eigenvalue weighted by atomic mass is 16.6. The highest BCUT2D eigenvalue weighted by molar-refractivity contribution is 5.88. The number of methoxy groups -OCH3 is 1. The maximum absolute atomic E-state index is 10.9. The van der Waals surface area contributed by atoms with Crippen molar-refractivity contribution in [2.75, 3.05) is 26.9 Å². The Morgan fingerprint density at radius 1 is 1.20 bits per heavy atom. The normalized spacial score (nSPS) is 9.32. The molecule has 0 aliphatic carbocycles. The van der Waals surface area contributed by atoms with Crippen LogP contribution in [0, 0.1) is 17.8 Å². The molecule has 0 aliphatic heterocycles. The lowest BCUT2D eigenvalue weighted by Gasteiger charge is -2.05. The molecule has 0 saturated heterocycles. The summed E-state index contributed by atoms with van der Waals surface area (Å²) >= 11 is 0. The maximum Gasteiger partial charge on any atom is 0.384 e. The second kappa shape index (κ2) is 20.2. The van der Waals surface area contributed by atoms with Gasteiger partial charge in [-0.25, -0.2) is 9.59 Å². The number of esters is 2. The fourth-order valence-corrected chi connectivity index (χ4v) is 1.49. The summed E-state index contributed by atoms with van der Waals surface area (Å²) in [7, 11) is 1.34. The van der Waals surface area contributed by atoms with Crippen molar-refractivity contribution in [2.45, 2.75) is 59.3 Å². The summed E-state index contributed by atoms with van der Waals surface area (Å²) in [5.41, 5.74) is 0.